The highest BCUT2D eigenvalue weighted by Crippen LogP contribution is 2.28. The average Bonchev–Trinajstić information content (AvgIpc) is 2.50. The number of H-pyrrole nitrogens is 1. The number of aromatic amines is 1. The zero-order valence-electron chi connectivity index (χ0n) is 7.51. The Labute approximate surface area is 95.4 Å². The van der Waals surface area contributed by atoms with Gasteiger partial charge in [-0.2, -0.15) is 5.10 Å². The van der Waals surface area contributed by atoms with E-state index in [0.29, 0.717) is 0 Å². The molecule has 1 heterocycles. The summed E-state index contributed by atoms with van der Waals surface area (Å²) in [6, 6.07) is 7.60. The summed E-state index contributed by atoms with van der Waals surface area (Å²) in [7, 11) is 0. The number of aryl methyl sites for hydroxylation is 1. The van der Waals surface area contributed by atoms with Crippen LogP contribution in [0, 0.1) is 6.92 Å². The van der Waals surface area contributed by atoms with Crippen LogP contribution >= 0.6 is 27.5 Å². The summed E-state index contributed by atoms with van der Waals surface area (Å²) >= 11 is 9.28. The van der Waals surface area contributed by atoms with Gasteiger partial charge in [0.15, 0.2) is 0 Å². The lowest BCUT2D eigenvalue weighted by molar-refractivity contribution is 1.05. The predicted octanol–water partition coefficient (Wildman–Crippen LogP) is 3.80. The van der Waals surface area contributed by atoms with Gasteiger partial charge in [0.05, 0.1) is 4.47 Å². The number of hydrogen-bond donors (Lipinski definition) is 1. The Morgan fingerprint density at radius 3 is 2.43 bits per heavy atom. The third-order valence-electron chi connectivity index (χ3n) is 1.99. The monoisotopic (exact) mass is 270 g/mol. The summed E-state index contributed by atoms with van der Waals surface area (Å²) in [5.41, 5.74) is 2.99. The van der Waals surface area contributed by atoms with Crippen molar-refractivity contribution >= 4 is 27.5 Å². The van der Waals surface area contributed by atoms with Gasteiger partial charge in [0.1, 0.15) is 5.69 Å². The molecule has 72 valence electrons. The van der Waals surface area contributed by atoms with Gasteiger partial charge in [0.25, 0.3) is 0 Å². The van der Waals surface area contributed by atoms with Crippen molar-refractivity contribution in [1.82, 2.24) is 10.2 Å². The average molecular weight is 272 g/mol. The third kappa shape index (κ3) is 1.70. The second-order valence-corrected chi connectivity index (χ2v) is 4.25. The smallest absolute Gasteiger partial charge is 0.107 e. The first-order valence-corrected chi connectivity index (χ1v) is 5.32. The molecule has 0 aliphatic heterocycles. The summed E-state index contributed by atoms with van der Waals surface area (Å²) in [4.78, 5) is 0. The molecule has 0 radical (unpaired) electrons. The summed E-state index contributed by atoms with van der Waals surface area (Å²) in [6.07, 6.45) is 0. The molecule has 0 bridgehead atoms. The first-order valence-electron chi connectivity index (χ1n) is 4.15. The molecule has 0 fully saturated rings. The minimum atomic E-state index is 0.733. The molecule has 2 aromatic rings. The van der Waals surface area contributed by atoms with Crippen molar-refractivity contribution in [1.29, 1.82) is 0 Å². The molecule has 0 spiro atoms. The maximum atomic E-state index is 5.80. The Hall–Kier alpha value is -0.800. The van der Waals surface area contributed by atoms with E-state index in [1.54, 1.807) is 0 Å². The Bertz CT molecular complexity index is 448. The molecule has 14 heavy (non-hydrogen) atoms. The van der Waals surface area contributed by atoms with Crippen LogP contribution in [0.5, 0.6) is 0 Å². The SMILES string of the molecule is Cc1[nH]nc(-c2ccc(Cl)cc2)c1Br. The van der Waals surface area contributed by atoms with E-state index in [-0.39, 0.29) is 0 Å². The number of nitrogens with zero attached hydrogens (tertiary/aromatic N) is 1. The van der Waals surface area contributed by atoms with E-state index in [1.807, 2.05) is 31.2 Å². The summed E-state index contributed by atoms with van der Waals surface area (Å²) in [5, 5.41) is 7.85. The summed E-state index contributed by atoms with van der Waals surface area (Å²) in [6.45, 7) is 1.97. The van der Waals surface area contributed by atoms with Gasteiger partial charge in [-0.25, -0.2) is 0 Å². The topological polar surface area (TPSA) is 28.7 Å². The highest BCUT2D eigenvalue weighted by atomic mass is 79.9. The van der Waals surface area contributed by atoms with E-state index in [1.165, 1.54) is 0 Å². The molecule has 0 aliphatic carbocycles. The van der Waals surface area contributed by atoms with Crippen LogP contribution in [0.4, 0.5) is 0 Å². The minimum Gasteiger partial charge on any atom is -0.281 e. The van der Waals surface area contributed by atoms with Crippen LogP contribution in [0.2, 0.25) is 5.02 Å². The fraction of sp³-hybridized carbons (Fsp3) is 0.100. The van der Waals surface area contributed by atoms with Gasteiger partial charge >= 0.3 is 0 Å². The lowest BCUT2D eigenvalue weighted by atomic mass is 10.1. The lowest BCUT2D eigenvalue weighted by Crippen LogP contribution is -1.78. The molecule has 0 aliphatic rings. The molecule has 0 unspecified atom stereocenters. The number of hydrogen-bond acceptors (Lipinski definition) is 1. The molecule has 2 rings (SSSR count). The molecule has 0 amide bonds. The van der Waals surface area contributed by atoms with E-state index in [4.69, 9.17) is 11.6 Å². The predicted molar refractivity (Wildman–Crippen MR) is 61.5 cm³/mol. The van der Waals surface area contributed by atoms with Gasteiger partial charge in [-0.3, -0.25) is 5.10 Å². The van der Waals surface area contributed by atoms with Crippen LogP contribution in [-0.4, -0.2) is 10.2 Å². The zero-order valence-corrected chi connectivity index (χ0v) is 9.85. The van der Waals surface area contributed by atoms with Crippen LogP contribution in [0.1, 0.15) is 5.69 Å². The van der Waals surface area contributed by atoms with Crippen molar-refractivity contribution in [2.75, 3.05) is 0 Å². The number of nitrogens with one attached hydrogen (secondary N) is 1. The van der Waals surface area contributed by atoms with Gasteiger partial charge in [0.2, 0.25) is 0 Å². The number of halogens is 2. The van der Waals surface area contributed by atoms with Gasteiger partial charge in [-0.1, -0.05) is 23.7 Å². The molecule has 0 saturated carbocycles. The highest BCUT2D eigenvalue weighted by Gasteiger charge is 2.08. The van der Waals surface area contributed by atoms with Crippen molar-refractivity contribution in [3.05, 3.63) is 39.5 Å². The Balaban J connectivity index is 2.49. The second-order valence-electron chi connectivity index (χ2n) is 3.02. The molecule has 1 aromatic heterocycles. The number of aromatic nitrogens is 2. The fourth-order valence-electron chi connectivity index (χ4n) is 1.21. The zero-order chi connectivity index (χ0) is 10.1. The van der Waals surface area contributed by atoms with Crippen molar-refractivity contribution < 1.29 is 0 Å². The van der Waals surface area contributed by atoms with E-state index >= 15 is 0 Å². The highest BCUT2D eigenvalue weighted by molar-refractivity contribution is 9.10. The maximum Gasteiger partial charge on any atom is 0.107 e. The van der Waals surface area contributed by atoms with E-state index in [0.717, 1.165) is 26.4 Å². The Morgan fingerprint density at radius 2 is 1.93 bits per heavy atom. The molecule has 1 N–H and O–H groups in total. The first kappa shape index (κ1) is 9.74. The minimum absolute atomic E-state index is 0.733. The largest absolute Gasteiger partial charge is 0.281 e. The Morgan fingerprint density at radius 1 is 1.29 bits per heavy atom. The molecule has 2 nitrogen and oxygen atoms in total. The second kappa shape index (κ2) is 3.75. The maximum absolute atomic E-state index is 5.80. The van der Waals surface area contributed by atoms with Gasteiger partial charge in [-0.15, -0.1) is 0 Å². The van der Waals surface area contributed by atoms with Crippen LogP contribution in [0.25, 0.3) is 11.3 Å². The molecule has 4 heteroatoms. The molecule has 0 atom stereocenters. The van der Waals surface area contributed by atoms with E-state index in [9.17, 15) is 0 Å². The van der Waals surface area contributed by atoms with Gasteiger partial charge < -0.3 is 0 Å². The molecular weight excluding hydrogens is 263 g/mol. The van der Waals surface area contributed by atoms with Gasteiger partial charge in [-0.05, 0) is 35.0 Å². The normalized spacial score (nSPS) is 10.5. The van der Waals surface area contributed by atoms with E-state index in [2.05, 4.69) is 26.1 Å². The van der Waals surface area contributed by atoms with Crippen LogP contribution in [-0.2, 0) is 0 Å². The summed E-state index contributed by atoms with van der Waals surface area (Å²) in [5.74, 6) is 0. The van der Waals surface area contributed by atoms with Gasteiger partial charge in [0, 0.05) is 16.3 Å². The number of rotatable bonds is 1. The molecular formula is C10H8BrClN2. The van der Waals surface area contributed by atoms with Crippen LogP contribution < -0.4 is 0 Å². The molecule has 1 aromatic carbocycles. The standard InChI is InChI=1S/C10H8BrClN2/c1-6-9(11)10(14-13-6)7-2-4-8(12)5-3-7/h2-5H,1H3,(H,13,14). The first-order chi connectivity index (χ1) is 6.68. The van der Waals surface area contributed by atoms with Crippen LogP contribution in [0.15, 0.2) is 28.7 Å². The third-order valence-corrected chi connectivity index (χ3v) is 3.21. The Kier molecular flexibility index (Phi) is 2.61. The lowest BCUT2D eigenvalue weighted by Gasteiger charge is -1.97. The van der Waals surface area contributed by atoms with Crippen molar-refractivity contribution in [2.24, 2.45) is 0 Å². The van der Waals surface area contributed by atoms with Crippen molar-refractivity contribution in [3.63, 3.8) is 0 Å². The summed E-state index contributed by atoms with van der Waals surface area (Å²) < 4.78 is 1.000. The van der Waals surface area contributed by atoms with Crippen molar-refractivity contribution in [2.45, 2.75) is 6.92 Å². The van der Waals surface area contributed by atoms with E-state index < -0.39 is 0 Å². The fourth-order valence-corrected chi connectivity index (χ4v) is 1.75. The quantitative estimate of drug-likeness (QED) is 0.839. The van der Waals surface area contributed by atoms with Crippen LogP contribution in [0.3, 0.4) is 0 Å². The molecule has 0 saturated heterocycles. The number of benzene rings is 1. The van der Waals surface area contributed by atoms with Crippen molar-refractivity contribution in [3.8, 4) is 11.3 Å².